The number of carbonyl (C=O) groups is 1. The molecule has 3 aromatic rings. The van der Waals surface area contributed by atoms with Gasteiger partial charge in [-0.25, -0.2) is 4.79 Å². The third-order valence-corrected chi connectivity index (χ3v) is 4.49. The largest absolute Gasteiger partial charge is 0.513 e. The maximum atomic E-state index is 12.0. The van der Waals surface area contributed by atoms with Crippen molar-refractivity contribution in [2.75, 3.05) is 24.6 Å². The van der Waals surface area contributed by atoms with E-state index in [-0.39, 0.29) is 6.61 Å². The van der Waals surface area contributed by atoms with Crippen LogP contribution in [0.2, 0.25) is 0 Å². The van der Waals surface area contributed by atoms with Gasteiger partial charge in [0.15, 0.2) is 0 Å². The molecule has 0 saturated carbocycles. The van der Waals surface area contributed by atoms with Gasteiger partial charge >= 0.3 is 6.16 Å². The molecule has 3 rings (SSSR count). The summed E-state index contributed by atoms with van der Waals surface area (Å²) in [4.78, 5) is 14.1. The maximum Gasteiger partial charge on any atom is 0.513 e. The molecule has 0 aromatic heterocycles. The van der Waals surface area contributed by atoms with E-state index in [2.05, 4.69) is 36.9 Å². The van der Waals surface area contributed by atoms with E-state index in [9.17, 15) is 4.79 Å². The molecule has 0 radical (unpaired) electrons. The molecule has 0 fully saturated rings. The molecular weight excluding hydrogens is 350 g/mol. The van der Waals surface area contributed by atoms with E-state index >= 15 is 0 Å². The second-order valence-electron chi connectivity index (χ2n) is 6.51. The first-order chi connectivity index (χ1) is 13.7. The van der Waals surface area contributed by atoms with Gasteiger partial charge in [-0.1, -0.05) is 54.6 Å². The summed E-state index contributed by atoms with van der Waals surface area (Å²) in [6.07, 6.45) is -0.687. The van der Waals surface area contributed by atoms with Crippen molar-refractivity contribution in [1.29, 1.82) is 0 Å². The Morgan fingerprint density at radius 3 is 2.29 bits per heavy atom. The number of hydrogen-bond donors (Lipinski definition) is 0. The van der Waals surface area contributed by atoms with E-state index in [1.54, 1.807) is 12.1 Å². The Morgan fingerprint density at radius 2 is 1.61 bits per heavy atom. The summed E-state index contributed by atoms with van der Waals surface area (Å²) < 4.78 is 10.5. The van der Waals surface area contributed by atoms with Crippen LogP contribution in [0.25, 0.3) is 11.1 Å². The lowest BCUT2D eigenvalue weighted by Gasteiger charge is -2.23. The highest BCUT2D eigenvalue weighted by Gasteiger charge is 2.09. The molecule has 4 heteroatoms. The first-order valence-corrected chi connectivity index (χ1v) is 9.47. The monoisotopic (exact) mass is 375 g/mol. The summed E-state index contributed by atoms with van der Waals surface area (Å²) in [6.45, 7) is 5.86. The van der Waals surface area contributed by atoms with Crippen LogP contribution in [0.4, 0.5) is 10.5 Å². The van der Waals surface area contributed by atoms with E-state index in [4.69, 9.17) is 9.47 Å². The highest BCUT2D eigenvalue weighted by atomic mass is 16.7. The number of benzene rings is 3. The maximum absolute atomic E-state index is 12.0. The second kappa shape index (κ2) is 9.60. The molecular formula is C24H25NO3. The zero-order chi connectivity index (χ0) is 19.8. The van der Waals surface area contributed by atoms with Gasteiger partial charge < -0.3 is 14.4 Å². The molecule has 0 spiro atoms. The fourth-order valence-electron chi connectivity index (χ4n) is 3.01. The molecule has 0 atom stereocenters. The van der Waals surface area contributed by atoms with E-state index in [1.807, 2.05) is 48.5 Å². The van der Waals surface area contributed by atoms with Gasteiger partial charge in [0.1, 0.15) is 12.4 Å². The topological polar surface area (TPSA) is 38.8 Å². The van der Waals surface area contributed by atoms with Gasteiger partial charge in [0.05, 0.1) is 6.54 Å². The van der Waals surface area contributed by atoms with Gasteiger partial charge in [0.2, 0.25) is 0 Å². The fourth-order valence-corrected chi connectivity index (χ4v) is 3.01. The van der Waals surface area contributed by atoms with Gasteiger partial charge in [-0.2, -0.15) is 0 Å². The van der Waals surface area contributed by atoms with Crippen LogP contribution in [0.1, 0.15) is 12.5 Å². The molecule has 0 N–H and O–H groups in total. The first kappa shape index (κ1) is 19.5. The van der Waals surface area contributed by atoms with Gasteiger partial charge in [-0.05, 0) is 54.8 Å². The van der Waals surface area contributed by atoms with Crippen molar-refractivity contribution in [3.05, 3.63) is 84.4 Å². The van der Waals surface area contributed by atoms with Crippen molar-refractivity contribution in [2.45, 2.75) is 13.8 Å². The van der Waals surface area contributed by atoms with Crippen LogP contribution in [0.15, 0.2) is 78.9 Å². The van der Waals surface area contributed by atoms with E-state index in [0.717, 1.165) is 23.4 Å². The standard InChI is InChI=1S/C24H25NO3/c1-3-25(22-11-7-8-19(2)18-22)16-17-27-24(26)28-23-14-12-21(13-15-23)20-9-5-4-6-10-20/h4-15,18H,3,16-17H2,1-2H3. The molecule has 144 valence electrons. The number of ether oxygens (including phenoxy) is 2. The minimum absolute atomic E-state index is 0.267. The molecule has 0 heterocycles. The van der Waals surface area contributed by atoms with Crippen molar-refractivity contribution in [3.8, 4) is 16.9 Å². The summed E-state index contributed by atoms with van der Waals surface area (Å²) in [7, 11) is 0. The average molecular weight is 375 g/mol. The molecule has 0 aliphatic rings. The minimum Gasteiger partial charge on any atom is -0.432 e. The lowest BCUT2D eigenvalue weighted by molar-refractivity contribution is 0.101. The van der Waals surface area contributed by atoms with Crippen molar-refractivity contribution in [1.82, 2.24) is 0 Å². The SMILES string of the molecule is CCN(CCOC(=O)Oc1ccc(-c2ccccc2)cc1)c1cccc(C)c1. The van der Waals surface area contributed by atoms with Crippen molar-refractivity contribution in [2.24, 2.45) is 0 Å². The molecule has 4 nitrogen and oxygen atoms in total. The average Bonchev–Trinajstić information content (AvgIpc) is 2.72. The zero-order valence-electron chi connectivity index (χ0n) is 16.3. The highest BCUT2D eigenvalue weighted by Crippen LogP contribution is 2.22. The Hall–Kier alpha value is -3.27. The van der Waals surface area contributed by atoms with Crippen molar-refractivity contribution < 1.29 is 14.3 Å². The van der Waals surface area contributed by atoms with E-state index < -0.39 is 6.16 Å². The molecule has 0 unspecified atom stereocenters. The lowest BCUT2D eigenvalue weighted by Crippen LogP contribution is -2.28. The van der Waals surface area contributed by atoms with Crippen LogP contribution in [-0.4, -0.2) is 25.9 Å². The molecule has 28 heavy (non-hydrogen) atoms. The van der Waals surface area contributed by atoms with Crippen LogP contribution >= 0.6 is 0 Å². The third kappa shape index (κ3) is 5.36. The van der Waals surface area contributed by atoms with E-state index in [1.165, 1.54) is 5.56 Å². The summed E-state index contributed by atoms with van der Waals surface area (Å²) in [5, 5.41) is 0. The zero-order valence-corrected chi connectivity index (χ0v) is 16.3. The first-order valence-electron chi connectivity index (χ1n) is 9.47. The lowest BCUT2D eigenvalue weighted by atomic mass is 10.1. The Balaban J connectivity index is 1.49. The second-order valence-corrected chi connectivity index (χ2v) is 6.51. The van der Waals surface area contributed by atoms with E-state index in [0.29, 0.717) is 12.3 Å². The molecule has 0 aliphatic heterocycles. The third-order valence-electron chi connectivity index (χ3n) is 4.49. The smallest absolute Gasteiger partial charge is 0.432 e. The quantitative estimate of drug-likeness (QED) is 0.392. The summed E-state index contributed by atoms with van der Waals surface area (Å²) >= 11 is 0. The fraction of sp³-hybridized carbons (Fsp3) is 0.208. The number of nitrogens with zero attached hydrogens (tertiary/aromatic N) is 1. The Kier molecular flexibility index (Phi) is 6.68. The summed E-state index contributed by atoms with van der Waals surface area (Å²) in [6, 6.07) is 25.7. The Bertz CT molecular complexity index is 891. The molecule has 0 bridgehead atoms. The number of carbonyl (C=O) groups excluding carboxylic acids is 1. The van der Waals surface area contributed by atoms with Gasteiger partial charge in [-0.15, -0.1) is 0 Å². The Morgan fingerprint density at radius 1 is 0.893 bits per heavy atom. The number of hydrogen-bond acceptors (Lipinski definition) is 4. The molecule has 0 amide bonds. The van der Waals surface area contributed by atoms with Gasteiger partial charge in [0, 0.05) is 12.2 Å². The normalized spacial score (nSPS) is 10.4. The van der Waals surface area contributed by atoms with Crippen molar-refractivity contribution in [3.63, 3.8) is 0 Å². The van der Waals surface area contributed by atoms with Crippen molar-refractivity contribution >= 4 is 11.8 Å². The highest BCUT2D eigenvalue weighted by molar-refractivity contribution is 5.67. The predicted molar refractivity (Wildman–Crippen MR) is 113 cm³/mol. The summed E-state index contributed by atoms with van der Waals surface area (Å²) in [5.41, 5.74) is 4.51. The van der Waals surface area contributed by atoms with Crippen LogP contribution in [0.5, 0.6) is 5.75 Å². The molecule has 0 aliphatic carbocycles. The minimum atomic E-state index is -0.687. The Labute approximate surface area is 166 Å². The van der Waals surface area contributed by atoms with Crippen LogP contribution in [0.3, 0.4) is 0 Å². The van der Waals surface area contributed by atoms with Gasteiger partial charge in [-0.3, -0.25) is 0 Å². The number of rotatable bonds is 7. The van der Waals surface area contributed by atoms with Crippen LogP contribution in [-0.2, 0) is 4.74 Å². The van der Waals surface area contributed by atoms with Crippen LogP contribution < -0.4 is 9.64 Å². The van der Waals surface area contributed by atoms with Crippen LogP contribution in [0, 0.1) is 6.92 Å². The number of anilines is 1. The van der Waals surface area contributed by atoms with Gasteiger partial charge in [0.25, 0.3) is 0 Å². The molecule has 0 saturated heterocycles. The number of likely N-dealkylation sites (N-methyl/N-ethyl adjacent to an activating group) is 1. The molecule has 3 aromatic carbocycles. The predicted octanol–water partition coefficient (Wildman–Crippen LogP) is 5.70. The summed E-state index contributed by atoms with van der Waals surface area (Å²) in [5.74, 6) is 0.468. The number of aryl methyl sites for hydroxylation is 1.